The Labute approximate surface area is 156 Å². The lowest BCUT2D eigenvalue weighted by Gasteiger charge is -2.33. The van der Waals surface area contributed by atoms with Crippen molar-refractivity contribution in [3.8, 4) is 0 Å². The van der Waals surface area contributed by atoms with E-state index in [1.807, 2.05) is 25.1 Å². The van der Waals surface area contributed by atoms with Crippen LogP contribution in [0.4, 0.5) is 0 Å². The van der Waals surface area contributed by atoms with Crippen molar-refractivity contribution < 1.29 is 19.2 Å². The van der Waals surface area contributed by atoms with Gasteiger partial charge in [-0.05, 0) is 23.6 Å². The first-order valence-corrected chi connectivity index (χ1v) is 8.06. The highest BCUT2D eigenvalue weighted by molar-refractivity contribution is 5.45. The smallest absolute Gasteiger partial charge is 0.211 e. The molecule has 0 unspecified atom stereocenters. The van der Waals surface area contributed by atoms with Crippen molar-refractivity contribution >= 4 is 24.3 Å². The summed E-state index contributed by atoms with van der Waals surface area (Å²) in [5.74, 6) is 0. The van der Waals surface area contributed by atoms with E-state index < -0.39 is 23.2 Å². The molecule has 0 saturated carbocycles. The minimum absolute atomic E-state index is 0.725. The fourth-order valence-electron chi connectivity index (χ4n) is 2.91. The largest absolute Gasteiger partial charge is 0.237 e. The van der Waals surface area contributed by atoms with Crippen molar-refractivity contribution in [1.82, 2.24) is 0 Å². The summed E-state index contributed by atoms with van der Waals surface area (Å²) in [5.41, 5.74) is 0.705. The Morgan fingerprint density at radius 1 is 0.741 bits per heavy atom. The van der Waals surface area contributed by atoms with Gasteiger partial charge in [-0.15, -0.1) is 0 Å². The highest BCUT2D eigenvalue weighted by Gasteiger charge is 2.36. The molecule has 1 rings (SSSR count). The van der Waals surface area contributed by atoms with Crippen LogP contribution in [0.3, 0.4) is 0 Å². The van der Waals surface area contributed by atoms with Crippen LogP contribution in [0.2, 0.25) is 0 Å². The standard InChI is InChI=1S/C19H20N4O4/c1-13-6-7-14(18(2,3)16(20-9-24)21-10-25)8-15(13)19(4,5)17(22-11-26)23-12-27/h6-8,16-17H,1-5H3. The van der Waals surface area contributed by atoms with Crippen LogP contribution in [-0.2, 0) is 30.0 Å². The van der Waals surface area contributed by atoms with Crippen LogP contribution < -0.4 is 0 Å². The summed E-state index contributed by atoms with van der Waals surface area (Å²) in [6, 6.07) is 5.49. The molecule has 0 aliphatic rings. The second kappa shape index (κ2) is 8.91. The molecule has 0 aliphatic heterocycles. The molecule has 0 N–H and O–H groups in total. The van der Waals surface area contributed by atoms with Crippen LogP contribution in [-0.4, -0.2) is 36.7 Å². The zero-order valence-electron chi connectivity index (χ0n) is 15.8. The van der Waals surface area contributed by atoms with Crippen LogP contribution in [0, 0.1) is 6.92 Å². The molecule has 8 nitrogen and oxygen atoms in total. The van der Waals surface area contributed by atoms with Crippen molar-refractivity contribution in [3.05, 3.63) is 34.9 Å². The number of hydrogen-bond donors (Lipinski definition) is 0. The van der Waals surface area contributed by atoms with E-state index in [1.165, 1.54) is 24.3 Å². The summed E-state index contributed by atoms with van der Waals surface area (Å²) >= 11 is 0. The van der Waals surface area contributed by atoms with Crippen LogP contribution in [0.25, 0.3) is 0 Å². The van der Waals surface area contributed by atoms with Gasteiger partial charge < -0.3 is 0 Å². The molecule has 27 heavy (non-hydrogen) atoms. The van der Waals surface area contributed by atoms with Gasteiger partial charge in [0.2, 0.25) is 24.3 Å². The fourth-order valence-corrected chi connectivity index (χ4v) is 2.91. The number of carbonyl (C=O) groups excluding carboxylic acids is 4. The highest BCUT2D eigenvalue weighted by atomic mass is 16.1. The Balaban J connectivity index is 3.62. The quantitative estimate of drug-likeness (QED) is 0.517. The number of rotatable bonds is 8. The van der Waals surface area contributed by atoms with Crippen molar-refractivity contribution in [2.24, 2.45) is 20.0 Å². The molecule has 8 heteroatoms. The molecular weight excluding hydrogens is 348 g/mol. The summed E-state index contributed by atoms with van der Waals surface area (Å²) in [4.78, 5) is 57.3. The molecule has 0 radical (unpaired) electrons. The van der Waals surface area contributed by atoms with E-state index in [0.717, 1.165) is 16.7 Å². The Kier molecular flexibility index (Phi) is 7.18. The molecular formula is C19H20N4O4. The van der Waals surface area contributed by atoms with Gasteiger partial charge in [0.15, 0.2) is 12.3 Å². The topological polar surface area (TPSA) is 118 Å². The number of aryl methyl sites for hydroxylation is 1. The Morgan fingerprint density at radius 2 is 1.15 bits per heavy atom. The molecule has 0 aliphatic carbocycles. The summed E-state index contributed by atoms with van der Waals surface area (Å²) in [6.07, 6.45) is 3.71. The average Bonchev–Trinajstić information content (AvgIpc) is 2.61. The van der Waals surface area contributed by atoms with Gasteiger partial charge in [0, 0.05) is 10.8 Å². The Morgan fingerprint density at radius 3 is 1.56 bits per heavy atom. The minimum atomic E-state index is -0.999. The van der Waals surface area contributed by atoms with E-state index in [-0.39, 0.29) is 0 Å². The third-order valence-electron chi connectivity index (χ3n) is 4.67. The van der Waals surface area contributed by atoms with Gasteiger partial charge in [0.1, 0.15) is 0 Å². The number of nitrogens with zero attached hydrogens (tertiary/aromatic N) is 4. The van der Waals surface area contributed by atoms with Crippen molar-refractivity contribution in [2.45, 2.75) is 57.8 Å². The van der Waals surface area contributed by atoms with Gasteiger partial charge in [-0.2, -0.15) is 20.0 Å². The van der Waals surface area contributed by atoms with E-state index in [4.69, 9.17) is 0 Å². The predicted octanol–water partition coefficient (Wildman–Crippen LogP) is 2.55. The lowest BCUT2D eigenvalue weighted by Crippen LogP contribution is -2.34. The molecule has 0 saturated heterocycles. The van der Waals surface area contributed by atoms with E-state index in [0.29, 0.717) is 0 Å². The molecule has 0 bridgehead atoms. The normalized spacial score (nSPS) is 13.1. The Bertz CT molecular complexity index is 860. The van der Waals surface area contributed by atoms with E-state index in [1.54, 1.807) is 27.7 Å². The fraction of sp³-hybridized carbons (Fsp3) is 0.474. The van der Waals surface area contributed by atoms with Crippen molar-refractivity contribution in [1.29, 1.82) is 0 Å². The molecule has 140 valence electrons. The lowest BCUT2D eigenvalue weighted by molar-refractivity contribution is 0.403. The molecule has 0 amide bonds. The maximum absolute atomic E-state index is 10.7. The summed E-state index contributed by atoms with van der Waals surface area (Å²) < 4.78 is 0. The first-order valence-electron chi connectivity index (χ1n) is 8.06. The van der Waals surface area contributed by atoms with Crippen LogP contribution in [0.5, 0.6) is 0 Å². The van der Waals surface area contributed by atoms with Crippen LogP contribution in [0.1, 0.15) is 44.4 Å². The third kappa shape index (κ3) is 4.68. The predicted molar refractivity (Wildman–Crippen MR) is 97.3 cm³/mol. The third-order valence-corrected chi connectivity index (χ3v) is 4.67. The monoisotopic (exact) mass is 368 g/mol. The zero-order chi connectivity index (χ0) is 20.7. The summed E-state index contributed by atoms with van der Waals surface area (Å²) in [5, 5.41) is 0. The second-order valence-corrected chi connectivity index (χ2v) is 7.10. The molecule has 1 aromatic rings. The van der Waals surface area contributed by atoms with E-state index in [9.17, 15) is 19.2 Å². The molecule has 0 atom stereocenters. The zero-order valence-corrected chi connectivity index (χ0v) is 15.8. The average molecular weight is 368 g/mol. The van der Waals surface area contributed by atoms with Gasteiger partial charge >= 0.3 is 0 Å². The maximum atomic E-state index is 10.7. The molecule has 0 spiro atoms. The van der Waals surface area contributed by atoms with Crippen molar-refractivity contribution in [3.63, 3.8) is 0 Å². The van der Waals surface area contributed by atoms with Crippen LogP contribution >= 0.6 is 0 Å². The Hall–Kier alpha value is -3.26. The van der Waals surface area contributed by atoms with E-state index >= 15 is 0 Å². The van der Waals surface area contributed by atoms with Crippen molar-refractivity contribution in [2.75, 3.05) is 0 Å². The SMILES string of the molecule is Cc1ccc(C(C)(C)C(N=C=O)N=C=O)cc1C(C)(C)C(N=C=O)N=C=O. The van der Waals surface area contributed by atoms with Gasteiger partial charge in [-0.25, -0.2) is 19.2 Å². The van der Waals surface area contributed by atoms with Gasteiger partial charge in [-0.1, -0.05) is 45.9 Å². The molecule has 0 aromatic heterocycles. The summed E-state index contributed by atoms with van der Waals surface area (Å²) in [6.45, 7) is 8.97. The number of aliphatic imine (C=N–C) groups is 4. The minimum Gasteiger partial charge on any atom is -0.211 e. The maximum Gasteiger partial charge on any atom is 0.237 e. The number of hydrogen-bond acceptors (Lipinski definition) is 8. The summed E-state index contributed by atoms with van der Waals surface area (Å²) in [7, 11) is 0. The number of benzene rings is 1. The lowest BCUT2D eigenvalue weighted by atomic mass is 9.74. The highest BCUT2D eigenvalue weighted by Crippen LogP contribution is 2.37. The van der Waals surface area contributed by atoms with Gasteiger partial charge in [0.05, 0.1) is 0 Å². The molecule has 0 fully saturated rings. The molecule has 1 aromatic carbocycles. The van der Waals surface area contributed by atoms with Gasteiger partial charge in [-0.3, -0.25) is 0 Å². The first kappa shape index (κ1) is 21.8. The van der Waals surface area contributed by atoms with E-state index in [2.05, 4.69) is 20.0 Å². The first-order chi connectivity index (χ1) is 12.7. The molecule has 0 heterocycles. The van der Waals surface area contributed by atoms with Gasteiger partial charge in [0.25, 0.3) is 0 Å². The number of isocyanates is 4. The second-order valence-electron chi connectivity index (χ2n) is 7.10. The van der Waals surface area contributed by atoms with Crippen LogP contribution in [0.15, 0.2) is 38.2 Å².